The maximum absolute atomic E-state index is 13.4. The molecule has 1 unspecified atom stereocenters. The van der Waals surface area contributed by atoms with Crippen molar-refractivity contribution < 1.29 is 9.59 Å². The first-order valence-electron chi connectivity index (χ1n) is 11.2. The molecule has 1 N–H and O–H groups in total. The Bertz CT molecular complexity index is 1030. The van der Waals surface area contributed by atoms with Crippen molar-refractivity contribution >= 4 is 23.6 Å². The van der Waals surface area contributed by atoms with Crippen LogP contribution in [0.3, 0.4) is 0 Å². The summed E-state index contributed by atoms with van der Waals surface area (Å²) < 4.78 is 0. The molecular formula is C28H32N2O2S. The van der Waals surface area contributed by atoms with Gasteiger partial charge in [-0.25, -0.2) is 0 Å². The third-order valence-electron chi connectivity index (χ3n) is 5.61. The van der Waals surface area contributed by atoms with Crippen LogP contribution in [0.4, 0.5) is 0 Å². The Morgan fingerprint density at radius 2 is 1.39 bits per heavy atom. The SMILES string of the molecule is CNC(=O)C(Cc1ccccc1)N(Cc1ccc(C)cc1)C(=O)CSCc1ccc(C)cc1. The van der Waals surface area contributed by atoms with Gasteiger partial charge in [0, 0.05) is 25.8 Å². The fourth-order valence-electron chi connectivity index (χ4n) is 3.63. The minimum atomic E-state index is -0.578. The van der Waals surface area contributed by atoms with E-state index in [0.29, 0.717) is 18.7 Å². The average molecular weight is 461 g/mol. The van der Waals surface area contributed by atoms with Crippen LogP contribution in [0.5, 0.6) is 0 Å². The standard InChI is InChI=1S/C28H32N2O2S/c1-21-9-13-24(14-10-21)18-30(26(28(32)29-3)17-23-7-5-4-6-8-23)27(31)20-33-19-25-15-11-22(2)12-16-25/h4-16,26H,17-20H2,1-3H3,(H,29,32). The summed E-state index contributed by atoms with van der Waals surface area (Å²) in [7, 11) is 1.63. The van der Waals surface area contributed by atoms with Crippen LogP contribution in [0.2, 0.25) is 0 Å². The van der Waals surface area contributed by atoms with Gasteiger partial charge >= 0.3 is 0 Å². The Labute approximate surface area is 201 Å². The predicted molar refractivity (Wildman–Crippen MR) is 137 cm³/mol. The molecule has 1 atom stereocenters. The molecule has 3 aromatic carbocycles. The first kappa shape index (κ1) is 24.6. The van der Waals surface area contributed by atoms with Crippen molar-refractivity contribution in [3.05, 3.63) is 107 Å². The van der Waals surface area contributed by atoms with E-state index < -0.39 is 6.04 Å². The smallest absolute Gasteiger partial charge is 0.242 e. The van der Waals surface area contributed by atoms with E-state index >= 15 is 0 Å². The number of thioether (sulfide) groups is 1. The van der Waals surface area contributed by atoms with Gasteiger partial charge in [0.25, 0.3) is 0 Å². The molecular weight excluding hydrogens is 428 g/mol. The van der Waals surface area contributed by atoms with E-state index in [0.717, 1.165) is 22.4 Å². The van der Waals surface area contributed by atoms with Crippen LogP contribution in [-0.2, 0) is 28.3 Å². The molecule has 172 valence electrons. The van der Waals surface area contributed by atoms with E-state index in [4.69, 9.17) is 0 Å². The quantitative estimate of drug-likeness (QED) is 0.467. The average Bonchev–Trinajstić information content (AvgIpc) is 2.83. The zero-order valence-electron chi connectivity index (χ0n) is 19.6. The number of benzene rings is 3. The third-order valence-corrected chi connectivity index (χ3v) is 6.59. The number of hydrogen-bond acceptors (Lipinski definition) is 3. The number of nitrogens with zero attached hydrogens (tertiary/aromatic N) is 1. The Morgan fingerprint density at radius 3 is 1.97 bits per heavy atom. The molecule has 0 aliphatic carbocycles. The van der Waals surface area contributed by atoms with Crippen LogP contribution >= 0.6 is 11.8 Å². The molecule has 3 rings (SSSR count). The van der Waals surface area contributed by atoms with Gasteiger partial charge in [-0.15, -0.1) is 11.8 Å². The Hall–Kier alpha value is -3.05. The Kier molecular flexibility index (Phi) is 9.14. The molecule has 0 aliphatic rings. The molecule has 2 amide bonds. The highest BCUT2D eigenvalue weighted by atomic mass is 32.2. The summed E-state index contributed by atoms with van der Waals surface area (Å²) in [6.45, 7) is 4.50. The molecule has 4 nitrogen and oxygen atoms in total. The molecule has 0 bridgehead atoms. The number of amides is 2. The van der Waals surface area contributed by atoms with Gasteiger partial charge in [0.1, 0.15) is 6.04 Å². The van der Waals surface area contributed by atoms with Crippen LogP contribution in [-0.4, -0.2) is 35.6 Å². The van der Waals surface area contributed by atoms with E-state index in [1.165, 1.54) is 11.1 Å². The van der Waals surface area contributed by atoms with E-state index in [1.807, 2.05) is 61.5 Å². The summed E-state index contributed by atoms with van der Waals surface area (Å²) in [6, 6.07) is 25.8. The van der Waals surface area contributed by atoms with E-state index in [2.05, 4.69) is 36.5 Å². The highest BCUT2D eigenvalue weighted by Crippen LogP contribution is 2.19. The van der Waals surface area contributed by atoms with Crippen molar-refractivity contribution in [3.63, 3.8) is 0 Å². The zero-order valence-corrected chi connectivity index (χ0v) is 20.4. The third kappa shape index (κ3) is 7.50. The maximum Gasteiger partial charge on any atom is 0.242 e. The lowest BCUT2D eigenvalue weighted by atomic mass is 10.0. The molecule has 33 heavy (non-hydrogen) atoms. The number of hydrogen-bond donors (Lipinski definition) is 1. The topological polar surface area (TPSA) is 49.4 Å². The minimum Gasteiger partial charge on any atom is -0.357 e. The zero-order chi connectivity index (χ0) is 23.6. The predicted octanol–water partition coefficient (Wildman–Crippen LogP) is 4.92. The number of carbonyl (C=O) groups is 2. The van der Waals surface area contributed by atoms with Gasteiger partial charge in [-0.1, -0.05) is 90.0 Å². The van der Waals surface area contributed by atoms with Gasteiger partial charge in [-0.3, -0.25) is 9.59 Å². The fraction of sp³-hybridized carbons (Fsp3) is 0.286. The van der Waals surface area contributed by atoms with Crippen LogP contribution in [0.15, 0.2) is 78.9 Å². The Morgan fingerprint density at radius 1 is 0.818 bits per heavy atom. The first-order valence-corrected chi connectivity index (χ1v) is 12.4. The molecule has 0 saturated heterocycles. The summed E-state index contributed by atoms with van der Waals surface area (Å²) >= 11 is 1.58. The summed E-state index contributed by atoms with van der Waals surface area (Å²) in [4.78, 5) is 28.1. The van der Waals surface area contributed by atoms with E-state index in [9.17, 15) is 9.59 Å². The van der Waals surface area contributed by atoms with Crippen molar-refractivity contribution in [3.8, 4) is 0 Å². The van der Waals surface area contributed by atoms with Crippen LogP contribution in [0.1, 0.15) is 27.8 Å². The maximum atomic E-state index is 13.4. The second kappa shape index (κ2) is 12.3. The lowest BCUT2D eigenvalue weighted by molar-refractivity contribution is -0.139. The normalized spacial score (nSPS) is 11.6. The van der Waals surface area contributed by atoms with Crippen molar-refractivity contribution in [1.29, 1.82) is 0 Å². The largest absolute Gasteiger partial charge is 0.357 e. The lowest BCUT2D eigenvalue weighted by Crippen LogP contribution is -2.50. The molecule has 0 saturated carbocycles. The summed E-state index contributed by atoms with van der Waals surface area (Å²) in [6.07, 6.45) is 0.473. The summed E-state index contributed by atoms with van der Waals surface area (Å²) in [5.74, 6) is 0.899. The number of carbonyl (C=O) groups excluding carboxylic acids is 2. The van der Waals surface area contributed by atoms with E-state index in [-0.39, 0.29) is 11.8 Å². The van der Waals surface area contributed by atoms with Gasteiger partial charge in [-0.05, 0) is 30.5 Å². The highest BCUT2D eigenvalue weighted by molar-refractivity contribution is 7.99. The van der Waals surface area contributed by atoms with E-state index in [1.54, 1.807) is 23.7 Å². The molecule has 5 heteroatoms. The molecule has 0 aromatic heterocycles. The number of nitrogens with one attached hydrogen (secondary N) is 1. The molecule has 0 heterocycles. The minimum absolute atomic E-state index is 0.0304. The second-order valence-electron chi connectivity index (χ2n) is 8.31. The van der Waals surface area contributed by atoms with Gasteiger partial charge in [0.2, 0.25) is 11.8 Å². The molecule has 0 spiro atoms. The van der Waals surface area contributed by atoms with Gasteiger partial charge in [0.05, 0.1) is 5.75 Å². The molecule has 3 aromatic rings. The van der Waals surface area contributed by atoms with Crippen molar-refractivity contribution in [2.45, 2.75) is 38.6 Å². The lowest BCUT2D eigenvalue weighted by Gasteiger charge is -2.31. The van der Waals surface area contributed by atoms with Gasteiger partial charge < -0.3 is 10.2 Å². The van der Waals surface area contributed by atoms with Crippen molar-refractivity contribution in [2.75, 3.05) is 12.8 Å². The van der Waals surface area contributed by atoms with Crippen molar-refractivity contribution in [2.24, 2.45) is 0 Å². The van der Waals surface area contributed by atoms with Crippen LogP contribution in [0.25, 0.3) is 0 Å². The fourth-order valence-corrected chi connectivity index (χ4v) is 4.50. The summed E-state index contributed by atoms with van der Waals surface area (Å²) in [5, 5.41) is 2.76. The highest BCUT2D eigenvalue weighted by Gasteiger charge is 2.29. The van der Waals surface area contributed by atoms with Crippen LogP contribution < -0.4 is 5.32 Å². The number of aryl methyl sites for hydroxylation is 2. The van der Waals surface area contributed by atoms with Crippen molar-refractivity contribution in [1.82, 2.24) is 10.2 Å². The molecule has 0 aliphatic heterocycles. The second-order valence-corrected chi connectivity index (χ2v) is 9.29. The van der Waals surface area contributed by atoms with Gasteiger partial charge in [0.15, 0.2) is 0 Å². The van der Waals surface area contributed by atoms with Crippen LogP contribution in [0, 0.1) is 13.8 Å². The number of rotatable bonds is 10. The monoisotopic (exact) mass is 460 g/mol. The molecule has 0 fully saturated rings. The molecule has 0 radical (unpaired) electrons. The summed E-state index contributed by atoms with van der Waals surface area (Å²) in [5.41, 5.74) is 5.62. The van der Waals surface area contributed by atoms with Gasteiger partial charge in [-0.2, -0.15) is 0 Å². The number of likely N-dealkylation sites (N-methyl/N-ethyl adjacent to an activating group) is 1. The first-order chi connectivity index (χ1) is 16.0. The Balaban J connectivity index is 1.79.